The number of carbonyl (C=O) groups is 1. The Hall–Kier alpha value is -2.74. The summed E-state index contributed by atoms with van der Waals surface area (Å²) in [5, 5.41) is 0. The summed E-state index contributed by atoms with van der Waals surface area (Å²) >= 11 is 0. The molecule has 2 aromatic rings. The minimum Gasteiger partial charge on any atom is -0.454 e. The average molecular weight is 419 g/mol. The third-order valence-electron chi connectivity index (χ3n) is 4.86. The first-order valence-electron chi connectivity index (χ1n) is 9.54. The smallest absolute Gasteiger partial charge is 0.308 e. The first kappa shape index (κ1) is 21.0. The first-order valence-corrected chi connectivity index (χ1v) is 11.1. The third kappa shape index (κ3) is 5.00. The van der Waals surface area contributed by atoms with Gasteiger partial charge in [-0.15, -0.1) is 0 Å². The van der Waals surface area contributed by atoms with E-state index in [0.29, 0.717) is 23.6 Å². The fourth-order valence-corrected chi connectivity index (χ4v) is 3.42. The van der Waals surface area contributed by atoms with Crippen LogP contribution in [0.5, 0.6) is 17.2 Å². The van der Waals surface area contributed by atoms with Gasteiger partial charge >= 0.3 is 10.1 Å². The first-order chi connectivity index (χ1) is 13.8. The van der Waals surface area contributed by atoms with Crippen LogP contribution in [0, 0.1) is 0 Å². The van der Waals surface area contributed by atoms with E-state index >= 15 is 0 Å². The lowest BCUT2D eigenvalue weighted by Gasteiger charge is -2.29. The molecule has 1 unspecified atom stereocenters. The fraction of sp³-hybridized carbons (Fsp3) is 0.381. The molecule has 1 aliphatic heterocycles. The van der Waals surface area contributed by atoms with Crippen molar-refractivity contribution < 1.29 is 26.9 Å². The van der Waals surface area contributed by atoms with Crippen LogP contribution in [0.25, 0.3) is 0 Å². The van der Waals surface area contributed by atoms with E-state index in [9.17, 15) is 13.2 Å². The van der Waals surface area contributed by atoms with Gasteiger partial charge in [-0.05, 0) is 56.2 Å². The molecule has 2 aromatic carbocycles. The molecule has 0 bridgehead atoms. The Morgan fingerprint density at radius 2 is 1.79 bits per heavy atom. The number of benzene rings is 2. The second-order valence-corrected chi connectivity index (χ2v) is 8.69. The maximum Gasteiger partial charge on any atom is 0.308 e. The number of fused-ring (bicyclic) bond motifs is 1. The predicted molar refractivity (Wildman–Crippen MR) is 109 cm³/mol. The van der Waals surface area contributed by atoms with E-state index in [0.717, 1.165) is 12.0 Å². The van der Waals surface area contributed by atoms with Crippen molar-refractivity contribution >= 4 is 16.0 Å². The summed E-state index contributed by atoms with van der Waals surface area (Å²) < 4.78 is 38.9. The van der Waals surface area contributed by atoms with Gasteiger partial charge in [-0.25, -0.2) is 0 Å². The summed E-state index contributed by atoms with van der Waals surface area (Å²) in [6.07, 6.45) is 0.798. The van der Waals surface area contributed by atoms with Crippen LogP contribution in [0.4, 0.5) is 0 Å². The van der Waals surface area contributed by atoms with Gasteiger partial charge in [-0.3, -0.25) is 4.79 Å². The molecule has 1 aliphatic rings. The van der Waals surface area contributed by atoms with E-state index < -0.39 is 10.1 Å². The summed E-state index contributed by atoms with van der Waals surface area (Å²) in [5.74, 6) is 1.26. The van der Waals surface area contributed by atoms with Crippen molar-refractivity contribution in [2.45, 2.75) is 39.8 Å². The lowest BCUT2D eigenvalue weighted by molar-refractivity contribution is 0.0671. The van der Waals surface area contributed by atoms with E-state index in [1.54, 1.807) is 47.4 Å². The van der Waals surface area contributed by atoms with E-state index in [1.165, 1.54) is 6.92 Å². The molecule has 1 heterocycles. The maximum atomic E-state index is 13.2. The summed E-state index contributed by atoms with van der Waals surface area (Å²) in [4.78, 5) is 15.0. The molecule has 0 fully saturated rings. The second kappa shape index (κ2) is 8.73. The van der Waals surface area contributed by atoms with Gasteiger partial charge in [0.05, 0.1) is 5.75 Å². The summed E-state index contributed by atoms with van der Waals surface area (Å²) in [5.41, 5.74) is 1.41. The van der Waals surface area contributed by atoms with Crippen LogP contribution in [-0.4, -0.2) is 37.8 Å². The number of carbonyl (C=O) groups excluding carboxylic acids is 1. The Morgan fingerprint density at radius 3 is 2.45 bits per heavy atom. The number of ether oxygens (including phenoxy) is 2. The highest BCUT2D eigenvalue weighted by atomic mass is 32.2. The normalized spacial score (nSPS) is 13.8. The number of amides is 1. The van der Waals surface area contributed by atoms with Gasteiger partial charge in [0.2, 0.25) is 6.79 Å². The van der Waals surface area contributed by atoms with Crippen molar-refractivity contribution in [3.63, 3.8) is 0 Å². The van der Waals surface area contributed by atoms with Crippen molar-refractivity contribution in [1.29, 1.82) is 0 Å². The fourth-order valence-electron chi connectivity index (χ4n) is 2.90. The molecule has 29 heavy (non-hydrogen) atoms. The second-order valence-electron chi connectivity index (χ2n) is 6.83. The summed E-state index contributed by atoms with van der Waals surface area (Å²) in [6.45, 7) is 6.09. The van der Waals surface area contributed by atoms with Gasteiger partial charge in [0, 0.05) is 18.2 Å². The molecule has 8 heteroatoms. The molecule has 0 aromatic heterocycles. The van der Waals surface area contributed by atoms with Crippen molar-refractivity contribution in [3.05, 3.63) is 53.6 Å². The van der Waals surface area contributed by atoms with Gasteiger partial charge < -0.3 is 18.6 Å². The number of hydrogen-bond donors (Lipinski definition) is 0. The molecule has 0 spiro atoms. The molecule has 0 radical (unpaired) electrons. The molecule has 1 atom stereocenters. The third-order valence-corrected chi connectivity index (χ3v) is 6.01. The summed E-state index contributed by atoms with van der Waals surface area (Å²) in [7, 11) is -3.57. The SMILES string of the molecule is CCC(C)N(Cc1ccc(OS(=O)(=O)CC)cc1)C(=O)c1ccc2c(c1)OCO2. The van der Waals surface area contributed by atoms with Gasteiger partial charge in [0.25, 0.3) is 5.91 Å². The standard InChI is InChI=1S/C21H25NO6S/c1-4-15(3)22(21(23)17-8-11-19-20(12-17)27-14-26-19)13-16-6-9-18(10-7-16)28-29(24,25)5-2/h6-12,15H,4-5,13-14H2,1-3H3. The highest BCUT2D eigenvalue weighted by molar-refractivity contribution is 7.87. The Kier molecular flexibility index (Phi) is 6.32. The lowest BCUT2D eigenvalue weighted by atomic mass is 10.1. The monoisotopic (exact) mass is 419 g/mol. The molecule has 0 N–H and O–H groups in total. The minimum atomic E-state index is -3.57. The number of nitrogens with zero attached hydrogens (tertiary/aromatic N) is 1. The Labute approximate surface area is 171 Å². The van der Waals surface area contributed by atoms with E-state index in [2.05, 4.69) is 0 Å². The van der Waals surface area contributed by atoms with E-state index in [-0.39, 0.29) is 30.2 Å². The Morgan fingerprint density at radius 1 is 1.10 bits per heavy atom. The molecule has 0 aliphatic carbocycles. The Balaban J connectivity index is 1.78. The number of hydrogen-bond acceptors (Lipinski definition) is 6. The molecule has 0 saturated heterocycles. The van der Waals surface area contributed by atoms with E-state index in [4.69, 9.17) is 13.7 Å². The van der Waals surface area contributed by atoms with Crippen molar-refractivity contribution in [3.8, 4) is 17.2 Å². The van der Waals surface area contributed by atoms with Gasteiger partial charge in [-0.2, -0.15) is 8.42 Å². The Bertz CT molecular complexity index is 971. The van der Waals surface area contributed by atoms with Crippen molar-refractivity contribution in [2.75, 3.05) is 12.5 Å². The minimum absolute atomic E-state index is 0.0179. The highest BCUT2D eigenvalue weighted by Gasteiger charge is 2.23. The predicted octanol–water partition coefficient (Wildman–Crippen LogP) is 3.58. The van der Waals surface area contributed by atoms with E-state index in [1.807, 2.05) is 13.8 Å². The number of rotatable bonds is 8. The molecule has 1 amide bonds. The zero-order chi connectivity index (χ0) is 21.0. The van der Waals surface area contributed by atoms with Crippen molar-refractivity contribution in [2.24, 2.45) is 0 Å². The van der Waals surface area contributed by atoms with Crippen LogP contribution >= 0.6 is 0 Å². The maximum absolute atomic E-state index is 13.2. The average Bonchev–Trinajstić information content (AvgIpc) is 3.20. The van der Waals surface area contributed by atoms with Crippen molar-refractivity contribution in [1.82, 2.24) is 4.90 Å². The molecular weight excluding hydrogens is 394 g/mol. The van der Waals surface area contributed by atoms with Crippen LogP contribution in [0.3, 0.4) is 0 Å². The van der Waals surface area contributed by atoms with Crippen LogP contribution in [0.1, 0.15) is 43.1 Å². The lowest BCUT2D eigenvalue weighted by Crippen LogP contribution is -2.37. The molecular formula is C21H25NO6S. The van der Waals surface area contributed by atoms with Crippen LogP contribution in [-0.2, 0) is 16.7 Å². The van der Waals surface area contributed by atoms with Crippen LogP contribution in [0.2, 0.25) is 0 Å². The zero-order valence-electron chi connectivity index (χ0n) is 16.8. The van der Waals surface area contributed by atoms with Gasteiger partial charge in [0.15, 0.2) is 11.5 Å². The quantitative estimate of drug-likeness (QED) is 0.608. The molecule has 7 nitrogen and oxygen atoms in total. The molecule has 0 saturated carbocycles. The zero-order valence-corrected chi connectivity index (χ0v) is 17.6. The molecule has 3 rings (SSSR count). The molecule has 156 valence electrons. The topological polar surface area (TPSA) is 82.1 Å². The van der Waals surface area contributed by atoms with Gasteiger partial charge in [0.1, 0.15) is 5.75 Å². The summed E-state index contributed by atoms with van der Waals surface area (Å²) in [6, 6.07) is 11.9. The van der Waals surface area contributed by atoms with Gasteiger partial charge in [-0.1, -0.05) is 19.1 Å². The van der Waals surface area contributed by atoms with Crippen LogP contribution < -0.4 is 13.7 Å². The largest absolute Gasteiger partial charge is 0.454 e. The highest BCUT2D eigenvalue weighted by Crippen LogP contribution is 2.33. The van der Waals surface area contributed by atoms with Crippen LogP contribution in [0.15, 0.2) is 42.5 Å².